The fourth-order valence-corrected chi connectivity index (χ4v) is 2.46. The average molecular weight is 264 g/mol. The van der Waals surface area contributed by atoms with Crippen molar-refractivity contribution in [2.24, 2.45) is 5.73 Å². The summed E-state index contributed by atoms with van der Waals surface area (Å²) in [6.45, 7) is 3.82. The molecule has 1 aromatic carbocycles. The minimum atomic E-state index is -0.793. The van der Waals surface area contributed by atoms with Gasteiger partial charge in [0, 0.05) is 19.1 Å². The minimum absolute atomic E-state index is 0.0520. The van der Waals surface area contributed by atoms with E-state index in [-0.39, 0.29) is 6.04 Å². The number of ether oxygens (including phenoxy) is 1. The van der Waals surface area contributed by atoms with Crippen LogP contribution in [0.15, 0.2) is 24.3 Å². The van der Waals surface area contributed by atoms with Crippen LogP contribution >= 0.6 is 0 Å². The molecule has 1 saturated heterocycles. The number of aliphatic carboxylic acids is 1. The van der Waals surface area contributed by atoms with Gasteiger partial charge in [0.1, 0.15) is 11.8 Å². The number of nitrogens with zero attached hydrogens (tertiary/aromatic N) is 1. The molecule has 1 heterocycles. The van der Waals surface area contributed by atoms with Crippen molar-refractivity contribution in [3.63, 3.8) is 0 Å². The Morgan fingerprint density at radius 3 is 2.74 bits per heavy atom. The SMILES string of the molecule is CCOc1ccc(CN2CC(N)CC2C(=O)O)cc1. The summed E-state index contributed by atoms with van der Waals surface area (Å²) in [4.78, 5) is 13.1. The van der Waals surface area contributed by atoms with Crippen molar-refractivity contribution in [3.8, 4) is 5.75 Å². The summed E-state index contributed by atoms with van der Waals surface area (Å²) in [6.07, 6.45) is 0.520. The van der Waals surface area contributed by atoms with Gasteiger partial charge in [0.15, 0.2) is 0 Å². The minimum Gasteiger partial charge on any atom is -0.494 e. The number of carboxylic acid groups (broad SMARTS) is 1. The molecule has 0 amide bonds. The maximum Gasteiger partial charge on any atom is 0.320 e. The van der Waals surface area contributed by atoms with Gasteiger partial charge in [-0.2, -0.15) is 0 Å². The first-order valence-electron chi connectivity index (χ1n) is 6.54. The number of rotatable bonds is 5. The molecule has 5 nitrogen and oxygen atoms in total. The van der Waals surface area contributed by atoms with Crippen LogP contribution in [-0.2, 0) is 11.3 Å². The zero-order chi connectivity index (χ0) is 13.8. The lowest BCUT2D eigenvalue weighted by atomic mass is 10.1. The number of likely N-dealkylation sites (tertiary alicyclic amines) is 1. The number of hydrogen-bond donors (Lipinski definition) is 2. The Hall–Kier alpha value is -1.59. The van der Waals surface area contributed by atoms with Crippen molar-refractivity contribution >= 4 is 5.97 Å². The van der Waals surface area contributed by atoms with Crippen molar-refractivity contribution in [3.05, 3.63) is 29.8 Å². The second-order valence-corrected chi connectivity index (χ2v) is 4.86. The molecular weight excluding hydrogens is 244 g/mol. The van der Waals surface area contributed by atoms with E-state index in [0.717, 1.165) is 11.3 Å². The number of carboxylic acids is 1. The van der Waals surface area contributed by atoms with Crippen LogP contribution in [0.4, 0.5) is 0 Å². The Balaban J connectivity index is 2.01. The van der Waals surface area contributed by atoms with Crippen LogP contribution in [0.2, 0.25) is 0 Å². The molecule has 1 aromatic rings. The van der Waals surface area contributed by atoms with E-state index in [4.69, 9.17) is 10.5 Å². The van der Waals surface area contributed by atoms with E-state index in [2.05, 4.69) is 0 Å². The van der Waals surface area contributed by atoms with E-state index in [1.165, 1.54) is 0 Å². The molecule has 5 heteroatoms. The molecule has 0 spiro atoms. The predicted octanol–water partition coefficient (Wildman–Crippen LogP) is 1.07. The van der Waals surface area contributed by atoms with E-state index in [1.807, 2.05) is 36.1 Å². The zero-order valence-corrected chi connectivity index (χ0v) is 11.1. The molecule has 2 unspecified atom stereocenters. The summed E-state index contributed by atoms with van der Waals surface area (Å²) in [7, 11) is 0. The van der Waals surface area contributed by atoms with Crippen molar-refractivity contribution in [2.75, 3.05) is 13.2 Å². The van der Waals surface area contributed by atoms with Crippen LogP contribution in [0.5, 0.6) is 5.75 Å². The normalized spacial score (nSPS) is 23.5. The summed E-state index contributed by atoms with van der Waals surface area (Å²) in [5.41, 5.74) is 6.92. The third-order valence-electron chi connectivity index (χ3n) is 3.34. The van der Waals surface area contributed by atoms with E-state index in [1.54, 1.807) is 0 Å². The monoisotopic (exact) mass is 264 g/mol. The lowest BCUT2D eigenvalue weighted by molar-refractivity contribution is -0.142. The van der Waals surface area contributed by atoms with Gasteiger partial charge >= 0.3 is 5.97 Å². The number of hydrogen-bond acceptors (Lipinski definition) is 4. The maximum absolute atomic E-state index is 11.2. The molecule has 2 atom stereocenters. The van der Waals surface area contributed by atoms with Crippen molar-refractivity contribution < 1.29 is 14.6 Å². The van der Waals surface area contributed by atoms with Gasteiger partial charge in [-0.05, 0) is 31.0 Å². The molecule has 1 aliphatic rings. The van der Waals surface area contributed by atoms with Crippen molar-refractivity contribution in [1.29, 1.82) is 0 Å². The summed E-state index contributed by atoms with van der Waals surface area (Å²) >= 11 is 0. The number of benzene rings is 1. The lowest BCUT2D eigenvalue weighted by Gasteiger charge is -2.20. The van der Waals surface area contributed by atoms with E-state index < -0.39 is 12.0 Å². The first kappa shape index (κ1) is 13.8. The molecule has 1 aliphatic heterocycles. The highest BCUT2D eigenvalue weighted by Crippen LogP contribution is 2.21. The van der Waals surface area contributed by atoms with Crippen LogP contribution in [0, 0.1) is 0 Å². The number of nitrogens with two attached hydrogens (primary N) is 1. The standard InChI is InChI=1S/C14H20N2O3/c1-2-19-12-5-3-10(4-6-12)8-16-9-11(15)7-13(16)14(17)18/h3-6,11,13H,2,7-9,15H2,1H3,(H,17,18). The molecule has 0 saturated carbocycles. The summed E-state index contributed by atoms with van der Waals surface area (Å²) in [6, 6.07) is 7.22. The predicted molar refractivity (Wildman–Crippen MR) is 72.0 cm³/mol. The topological polar surface area (TPSA) is 75.8 Å². The van der Waals surface area contributed by atoms with Gasteiger partial charge < -0.3 is 15.6 Å². The molecule has 0 aliphatic carbocycles. The second kappa shape index (κ2) is 6.04. The van der Waals surface area contributed by atoms with Gasteiger partial charge in [-0.15, -0.1) is 0 Å². The molecule has 3 N–H and O–H groups in total. The fourth-order valence-electron chi connectivity index (χ4n) is 2.46. The highest BCUT2D eigenvalue weighted by molar-refractivity contribution is 5.74. The van der Waals surface area contributed by atoms with Crippen molar-refractivity contribution in [2.45, 2.75) is 32.0 Å². The van der Waals surface area contributed by atoms with Crippen LogP contribution in [-0.4, -0.2) is 41.2 Å². The highest BCUT2D eigenvalue weighted by Gasteiger charge is 2.34. The Morgan fingerprint density at radius 1 is 1.47 bits per heavy atom. The molecule has 0 radical (unpaired) electrons. The molecule has 0 bridgehead atoms. The summed E-state index contributed by atoms with van der Waals surface area (Å²) in [5.74, 6) is 0.0399. The smallest absolute Gasteiger partial charge is 0.320 e. The second-order valence-electron chi connectivity index (χ2n) is 4.86. The number of carbonyl (C=O) groups is 1. The first-order valence-corrected chi connectivity index (χ1v) is 6.54. The van der Waals surface area contributed by atoms with Gasteiger partial charge in [-0.3, -0.25) is 9.69 Å². The molecular formula is C14H20N2O3. The van der Waals surface area contributed by atoms with Crippen LogP contribution in [0.3, 0.4) is 0 Å². The molecule has 1 fully saturated rings. The van der Waals surface area contributed by atoms with Gasteiger partial charge in [0.2, 0.25) is 0 Å². The Bertz CT molecular complexity index is 433. The first-order chi connectivity index (χ1) is 9.10. The summed E-state index contributed by atoms with van der Waals surface area (Å²) in [5, 5.41) is 9.18. The Labute approximate surface area is 113 Å². The Kier molecular flexibility index (Phi) is 4.39. The van der Waals surface area contributed by atoms with Crippen LogP contribution in [0.1, 0.15) is 18.9 Å². The lowest BCUT2D eigenvalue weighted by Crippen LogP contribution is -2.35. The average Bonchev–Trinajstić information content (AvgIpc) is 2.73. The van der Waals surface area contributed by atoms with Gasteiger partial charge in [0.25, 0.3) is 0 Å². The van der Waals surface area contributed by atoms with Crippen molar-refractivity contribution in [1.82, 2.24) is 4.90 Å². The van der Waals surface area contributed by atoms with Gasteiger partial charge in [-0.1, -0.05) is 12.1 Å². The molecule has 104 valence electrons. The fraction of sp³-hybridized carbons (Fsp3) is 0.500. The van der Waals surface area contributed by atoms with Crippen LogP contribution in [0.25, 0.3) is 0 Å². The summed E-state index contributed by atoms with van der Waals surface area (Å²) < 4.78 is 5.38. The van der Waals surface area contributed by atoms with Gasteiger partial charge in [-0.25, -0.2) is 0 Å². The Morgan fingerprint density at radius 2 is 2.16 bits per heavy atom. The third-order valence-corrected chi connectivity index (χ3v) is 3.34. The molecule has 0 aromatic heterocycles. The molecule has 19 heavy (non-hydrogen) atoms. The zero-order valence-electron chi connectivity index (χ0n) is 11.1. The third kappa shape index (κ3) is 3.45. The maximum atomic E-state index is 11.2. The van der Waals surface area contributed by atoms with E-state index >= 15 is 0 Å². The largest absolute Gasteiger partial charge is 0.494 e. The highest BCUT2D eigenvalue weighted by atomic mass is 16.5. The van der Waals surface area contributed by atoms with E-state index in [0.29, 0.717) is 26.1 Å². The quantitative estimate of drug-likeness (QED) is 0.832. The van der Waals surface area contributed by atoms with E-state index in [9.17, 15) is 9.90 Å². The molecule has 2 rings (SSSR count). The van der Waals surface area contributed by atoms with Crippen LogP contribution < -0.4 is 10.5 Å². The van der Waals surface area contributed by atoms with Gasteiger partial charge in [0.05, 0.1) is 6.61 Å².